The molecule has 0 saturated carbocycles. The van der Waals surface area contributed by atoms with E-state index < -0.39 is 5.91 Å². The lowest BCUT2D eigenvalue weighted by molar-refractivity contribution is -0.119. The summed E-state index contributed by atoms with van der Waals surface area (Å²) in [4.78, 5) is 34.4. The maximum Gasteiger partial charge on any atom is 0.255 e. The highest BCUT2D eigenvalue weighted by molar-refractivity contribution is 6.12. The molecule has 0 aliphatic heterocycles. The van der Waals surface area contributed by atoms with Gasteiger partial charge in [-0.1, -0.05) is 13.8 Å². The Kier molecular flexibility index (Phi) is 3.90. The predicted molar refractivity (Wildman–Crippen MR) is 65.4 cm³/mol. The van der Waals surface area contributed by atoms with Crippen LogP contribution in [0, 0.1) is 12.8 Å². The fourth-order valence-corrected chi connectivity index (χ4v) is 1.55. The summed E-state index contributed by atoms with van der Waals surface area (Å²) in [5.74, 6) is -1.55. The second kappa shape index (κ2) is 5.03. The maximum absolute atomic E-state index is 11.6. The summed E-state index contributed by atoms with van der Waals surface area (Å²) in [6.07, 6.45) is 0. The molecule has 1 rings (SSSR count). The molecule has 1 aromatic heterocycles. The van der Waals surface area contributed by atoms with E-state index in [0.717, 1.165) is 0 Å². The Hall–Kier alpha value is -2.11. The third-order valence-electron chi connectivity index (χ3n) is 2.44. The van der Waals surface area contributed by atoms with Crippen LogP contribution in [0.3, 0.4) is 0 Å². The smallest absolute Gasteiger partial charge is 0.255 e. The molecule has 0 bridgehead atoms. The van der Waals surface area contributed by atoms with Crippen LogP contribution in [0.15, 0.2) is 4.42 Å². The number of carbonyl (C=O) groups is 3. The molecule has 1 heterocycles. The van der Waals surface area contributed by atoms with Crippen molar-refractivity contribution in [2.24, 2.45) is 11.7 Å². The van der Waals surface area contributed by atoms with Crippen molar-refractivity contribution in [3.8, 4) is 0 Å². The monoisotopic (exact) mass is 252 g/mol. The number of anilines is 1. The molecule has 6 nitrogen and oxygen atoms in total. The molecule has 98 valence electrons. The minimum absolute atomic E-state index is 0.0658. The number of primary amides is 1. The van der Waals surface area contributed by atoms with Gasteiger partial charge in [0.2, 0.25) is 11.8 Å². The molecule has 1 aromatic rings. The number of hydrogen-bond acceptors (Lipinski definition) is 4. The molecular weight excluding hydrogens is 236 g/mol. The van der Waals surface area contributed by atoms with Gasteiger partial charge < -0.3 is 10.2 Å². The van der Waals surface area contributed by atoms with Crippen molar-refractivity contribution in [2.45, 2.75) is 27.7 Å². The first-order valence-electron chi connectivity index (χ1n) is 5.50. The molecule has 0 aliphatic carbocycles. The fourth-order valence-electron chi connectivity index (χ4n) is 1.55. The van der Waals surface area contributed by atoms with Gasteiger partial charge in [0.25, 0.3) is 5.91 Å². The van der Waals surface area contributed by atoms with Crippen LogP contribution in [0.25, 0.3) is 0 Å². The van der Waals surface area contributed by atoms with E-state index >= 15 is 0 Å². The van der Waals surface area contributed by atoms with Crippen molar-refractivity contribution in [1.29, 1.82) is 0 Å². The molecule has 0 aromatic carbocycles. The Labute approximate surface area is 105 Å². The Morgan fingerprint density at radius 2 is 1.78 bits per heavy atom. The van der Waals surface area contributed by atoms with Gasteiger partial charge in [-0.2, -0.15) is 0 Å². The first kappa shape index (κ1) is 14.0. The number of rotatable bonds is 4. The lowest BCUT2D eigenvalue weighted by Crippen LogP contribution is -2.21. The molecule has 2 amide bonds. The largest absolute Gasteiger partial charge is 0.444 e. The average Bonchev–Trinajstić information content (AvgIpc) is 2.54. The van der Waals surface area contributed by atoms with Crippen molar-refractivity contribution in [3.05, 3.63) is 16.9 Å². The van der Waals surface area contributed by atoms with Crippen molar-refractivity contribution in [3.63, 3.8) is 0 Å². The number of hydrogen-bond donors (Lipinski definition) is 2. The van der Waals surface area contributed by atoms with E-state index in [9.17, 15) is 14.4 Å². The average molecular weight is 252 g/mol. The topological polar surface area (TPSA) is 102 Å². The van der Waals surface area contributed by atoms with Crippen molar-refractivity contribution < 1.29 is 18.8 Å². The van der Waals surface area contributed by atoms with Gasteiger partial charge in [-0.25, -0.2) is 0 Å². The summed E-state index contributed by atoms with van der Waals surface area (Å²) in [5, 5.41) is 2.45. The maximum atomic E-state index is 11.6. The summed E-state index contributed by atoms with van der Waals surface area (Å²) in [6.45, 7) is 6.23. The van der Waals surface area contributed by atoms with Gasteiger partial charge in [0.1, 0.15) is 11.3 Å². The highest BCUT2D eigenvalue weighted by Gasteiger charge is 2.26. The lowest BCUT2D eigenvalue weighted by atomic mass is 10.1. The Morgan fingerprint density at radius 1 is 1.22 bits per heavy atom. The minimum atomic E-state index is -0.809. The van der Waals surface area contributed by atoms with Gasteiger partial charge in [0.15, 0.2) is 5.78 Å². The third kappa shape index (κ3) is 2.58. The zero-order valence-electron chi connectivity index (χ0n) is 10.8. The van der Waals surface area contributed by atoms with Crippen LogP contribution < -0.4 is 11.1 Å². The van der Waals surface area contributed by atoms with E-state index in [-0.39, 0.29) is 40.4 Å². The summed E-state index contributed by atoms with van der Waals surface area (Å²) in [6, 6.07) is 0. The number of nitrogens with two attached hydrogens (primary N) is 1. The van der Waals surface area contributed by atoms with Crippen LogP contribution in [0.1, 0.15) is 47.2 Å². The van der Waals surface area contributed by atoms with E-state index in [2.05, 4.69) is 5.32 Å². The molecule has 0 radical (unpaired) electrons. The Morgan fingerprint density at radius 3 is 2.17 bits per heavy atom. The number of aryl methyl sites for hydroxylation is 1. The van der Waals surface area contributed by atoms with Crippen LogP contribution in [0.2, 0.25) is 0 Å². The van der Waals surface area contributed by atoms with Gasteiger partial charge in [-0.15, -0.1) is 0 Å². The number of amides is 2. The SMILES string of the molecule is CC(=O)c1c(C)oc(NC(=O)C(C)C)c1C(N)=O. The second-order valence-electron chi connectivity index (χ2n) is 4.30. The third-order valence-corrected chi connectivity index (χ3v) is 2.44. The molecular formula is C12H16N2O4. The number of ketones is 1. The zero-order chi connectivity index (χ0) is 14.0. The molecule has 3 N–H and O–H groups in total. The molecule has 0 unspecified atom stereocenters. The predicted octanol–water partition coefficient (Wildman–Crippen LogP) is 1.48. The van der Waals surface area contributed by atoms with Crippen molar-refractivity contribution in [1.82, 2.24) is 0 Å². The van der Waals surface area contributed by atoms with Gasteiger partial charge in [-0.05, 0) is 13.8 Å². The number of carbonyl (C=O) groups excluding carboxylic acids is 3. The van der Waals surface area contributed by atoms with Gasteiger partial charge in [0.05, 0.1) is 5.56 Å². The van der Waals surface area contributed by atoms with Crippen LogP contribution in [0.5, 0.6) is 0 Å². The second-order valence-corrected chi connectivity index (χ2v) is 4.30. The number of furan rings is 1. The van der Waals surface area contributed by atoms with Crippen LogP contribution in [-0.2, 0) is 4.79 Å². The molecule has 0 aliphatic rings. The van der Waals surface area contributed by atoms with E-state index in [1.165, 1.54) is 13.8 Å². The summed E-state index contributed by atoms with van der Waals surface area (Å²) in [7, 11) is 0. The highest BCUT2D eigenvalue weighted by atomic mass is 16.4. The molecule has 18 heavy (non-hydrogen) atoms. The first-order chi connectivity index (χ1) is 8.25. The van der Waals surface area contributed by atoms with Gasteiger partial charge >= 0.3 is 0 Å². The summed E-state index contributed by atoms with van der Waals surface area (Å²) in [5.41, 5.74) is 5.25. The summed E-state index contributed by atoms with van der Waals surface area (Å²) >= 11 is 0. The molecule has 0 saturated heterocycles. The highest BCUT2D eigenvalue weighted by Crippen LogP contribution is 2.27. The first-order valence-corrected chi connectivity index (χ1v) is 5.50. The molecule has 0 atom stereocenters. The molecule has 6 heteroatoms. The van der Waals surface area contributed by atoms with E-state index in [1.54, 1.807) is 13.8 Å². The standard InChI is InChI=1S/C12H16N2O4/c1-5(2)11(17)14-12-9(10(13)16)8(6(3)15)7(4)18-12/h5H,1-4H3,(H2,13,16)(H,14,17). The number of nitrogens with one attached hydrogen (secondary N) is 1. The van der Waals surface area contributed by atoms with E-state index in [1.807, 2.05) is 0 Å². The minimum Gasteiger partial charge on any atom is -0.444 e. The summed E-state index contributed by atoms with van der Waals surface area (Å²) < 4.78 is 5.24. The Balaban J connectivity index is 3.29. The van der Waals surface area contributed by atoms with Crippen LogP contribution in [-0.4, -0.2) is 17.6 Å². The van der Waals surface area contributed by atoms with Crippen molar-refractivity contribution in [2.75, 3.05) is 5.32 Å². The normalized spacial score (nSPS) is 10.5. The van der Waals surface area contributed by atoms with Gasteiger partial charge in [0, 0.05) is 5.92 Å². The number of Topliss-reactive ketones (excluding diaryl/α,β-unsaturated/α-hetero) is 1. The Bertz CT molecular complexity index is 514. The molecule has 0 fully saturated rings. The van der Waals surface area contributed by atoms with E-state index in [4.69, 9.17) is 10.2 Å². The fraction of sp³-hybridized carbons (Fsp3) is 0.417. The zero-order valence-corrected chi connectivity index (χ0v) is 10.8. The molecule has 0 spiro atoms. The van der Waals surface area contributed by atoms with Crippen molar-refractivity contribution >= 4 is 23.5 Å². The van der Waals surface area contributed by atoms with Crippen LogP contribution in [0.4, 0.5) is 5.88 Å². The lowest BCUT2D eigenvalue weighted by Gasteiger charge is -2.05. The van der Waals surface area contributed by atoms with Gasteiger partial charge in [-0.3, -0.25) is 19.7 Å². The van der Waals surface area contributed by atoms with E-state index in [0.29, 0.717) is 0 Å². The quantitative estimate of drug-likeness (QED) is 0.792. The van der Waals surface area contributed by atoms with Crippen LogP contribution >= 0.6 is 0 Å².